The van der Waals surface area contributed by atoms with Crippen LogP contribution in [0.15, 0.2) is 71.2 Å². The van der Waals surface area contributed by atoms with Crippen molar-refractivity contribution >= 4 is 17.2 Å². The third-order valence-corrected chi connectivity index (χ3v) is 5.42. The van der Waals surface area contributed by atoms with Crippen LogP contribution in [-0.4, -0.2) is 10.7 Å². The van der Waals surface area contributed by atoms with Crippen molar-refractivity contribution in [3.63, 3.8) is 0 Å². The SMILES string of the molecule is N#CC1=C(N)N(c2ccccc2F)C2=C(C(=O)CCC2)[C@@H]1c1cccc([N+](=O)[O-])c1. The van der Waals surface area contributed by atoms with Gasteiger partial charge in [0.15, 0.2) is 5.78 Å². The Morgan fingerprint density at radius 2 is 1.97 bits per heavy atom. The van der Waals surface area contributed by atoms with Crippen LogP contribution in [0.25, 0.3) is 0 Å². The summed E-state index contributed by atoms with van der Waals surface area (Å²) in [5, 5.41) is 21.2. The van der Waals surface area contributed by atoms with Gasteiger partial charge in [-0.3, -0.25) is 19.8 Å². The predicted molar refractivity (Wildman–Crippen MR) is 107 cm³/mol. The molecule has 0 unspecified atom stereocenters. The Morgan fingerprint density at radius 3 is 2.67 bits per heavy atom. The molecule has 1 heterocycles. The van der Waals surface area contributed by atoms with E-state index in [0.29, 0.717) is 29.7 Å². The molecule has 2 aliphatic rings. The molecule has 0 fully saturated rings. The van der Waals surface area contributed by atoms with Crippen molar-refractivity contribution < 1.29 is 14.1 Å². The highest BCUT2D eigenvalue weighted by atomic mass is 19.1. The highest BCUT2D eigenvalue weighted by Gasteiger charge is 2.41. The summed E-state index contributed by atoms with van der Waals surface area (Å²) in [5.41, 5.74) is 7.72. The van der Waals surface area contributed by atoms with E-state index in [2.05, 4.69) is 6.07 Å². The molecule has 30 heavy (non-hydrogen) atoms. The molecule has 0 bridgehead atoms. The van der Waals surface area contributed by atoms with E-state index >= 15 is 0 Å². The molecule has 1 aliphatic heterocycles. The van der Waals surface area contributed by atoms with Gasteiger partial charge in [0.2, 0.25) is 0 Å². The number of benzene rings is 2. The van der Waals surface area contributed by atoms with Crippen LogP contribution < -0.4 is 10.6 Å². The number of nitrogens with two attached hydrogens (primary N) is 1. The Kier molecular flexibility index (Phi) is 4.80. The standard InChI is InChI=1S/C22H17FN4O3/c23-16-7-1-2-8-17(16)26-18-9-4-10-19(28)21(18)20(15(12-24)22(26)25)13-5-3-6-14(11-13)27(29)30/h1-3,5-8,11,20H,4,9-10,25H2/t20-/m1/s1. The number of nitro groups is 1. The smallest absolute Gasteiger partial charge is 0.269 e. The Balaban J connectivity index is 1.99. The second-order valence-corrected chi connectivity index (χ2v) is 7.12. The molecule has 2 N–H and O–H groups in total. The second kappa shape index (κ2) is 7.44. The average molecular weight is 404 g/mol. The van der Waals surface area contributed by atoms with Crippen LogP contribution in [0.2, 0.25) is 0 Å². The molecule has 1 atom stereocenters. The average Bonchev–Trinajstić information content (AvgIpc) is 2.74. The number of nitro benzene ring substituents is 1. The summed E-state index contributed by atoms with van der Waals surface area (Å²) in [6.07, 6.45) is 1.33. The summed E-state index contributed by atoms with van der Waals surface area (Å²) in [5.74, 6) is -1.51. The van der Waals surface area contributed by atoms with Crippen LogP contribution in [0.1, 0.15) is 30.7 Å². The van der Waals surface area contributed by atoms with Gasteiger partial charge in [-0.25, -0.2) is 4.39 Å². The molecule has 2 aromatic rings. The Labute approximate surface area is 171 Å². The van der Waals surface area contributed by atoms with Gasteiger partial charge in [-0.15, -0.1) is 0 Å². The molecule has 0 amide bonds. The van der Waals surface area contributed by atoms with E-state index in [1.54, 1.807) is 18.2 Å². The molecule has 150 valence electrons. The van der Waals surface area contributed by atoms with Gasteiger partial charge in [-0.1, -0.05) is 24.3 Å². The molecule has 4 rings (SSSR count). The molecule has 8 heteroatoms. The minimum atomic E-state index is -0.833. The summed E-state index contributed by atoms with van der Waals surface area (Å²) in [4.78, 5) is 25.1. The molecule has 0 spiro atoms. The number of carbonyl (C=O) groups excluding carboxylic acids is 1. The van der Waals surface area contributed by atoms with Crippen molar-refractivity contribution in [1.29, 1.82) is 5.26 Å². The molecule has 0 aromatic heterocycles. The first-order chi connectivity index (χ1) is 14.4. The number of rotatable bonds is 3. The first-order valence-corrected chi connectivity index (χ1v) is 9.39. The van der Waals surface area contributed by atoms with Gasteiger partial charge in [-0.2, -0.15) is 5.26 Å². The number of para-hydroxylation sites is 1. The lowest BCUT2D eigenvalue weighted by atomic mass is 9.75. The zero-order valence-electron chi connectivity index (χ0n) is 15.8. The van der Waals surface area contributed by atoms with Crippen molar-refractivity contribution in [1.82, 2.24) is 0 Å². The normalized spacial score (nSPS) is 18.9. The fraction of sp³-hybridized carbons (Fsp3) is 0.182. The maximum Gasteiger partial charge on any atom is 0.269 e. The van der Waals surface area contributed by atoms with Crippen LogP contribution >= 0.6 is 0 Å². The maximum absolute atomic E-state index is 14.6. The van der Waals surface area contributed by atoms with Gasteiger partial charge in [0, 0.05) is 29.8 Å². The van der Waals surface area contributed by atoms with Crippen LogP contribution in [0, 0.1) is 27.3 Å². The third kappa shape index (κ3) is 3.01. The van der Waals surface area contributed by atoms with Gasteiger partial charge in [0.25, 0.3) is 5.69 Å². The number of nitrogens with zero attached hydrogens (tertiary/aromatic N) is 3. The van der Waals surface area contributed by atoms with Crippen LogP contribution in [-0.2, 0) is 4.79 Å². The molecule has 0 saturated heterocycles. The Hall–Kier alpha value is -3.99. The topological polar surface area (TPSA) is 113 Å². The number of anilines is 1. The van der Waals surface area contributed by atoms with E-state index in [-0.39, 0.29) is 35.0 Å². The van der Waals surface area contributed by atoms with Crippen molar-refractivity contribution in [2.75, 3.05) is 4.90 Å². The summed E-state index contributed by atoms with van der Waals surface area (Å²) >= 11 is 0. The number of non-ortho nitro benzene ring substituents is 1. The largest absolute Gasteiger partial charge is 0.384 e. The quantitative estimate of drug-likeness (QED) is 0.610. The first-order valence-electron chi connectivity index (χ1n) is 9.39. The molecule has 1 aliphatic carbocycles. The maximum atomic E-state index is 14.6. The minimum absolute atomic E-state index is 0.0209. The fourth-order valence-electron chi connectivity index (χ4n) is 4.15. The Bertz CT molecular complexity index is 1180. The van der Waals surface area contributed by atoms with Crippen molar-refractivity contribution in [3.8, 4) is 6.07 Å². The molecule has 0 saturated carbocycles. The number of allylic oxidation sites excluding steroid dienone is 3. The molecule has 0 radical (unpaired) electrons. The second-order valence-electron chi connectivity index (χ2n) is 7.12. The van der Waals surface area contributed by atoms with E-state index in [1.807, 2.05) is 0 Å². The molecular formula is C22H17FN4O3. The van der Waals surface area contributed by atoms with Crippen molar-refractivity contribution in [2.24, 2.45) is 5.73 Å². The molecular weight excluding hydrogens is 387 g/mol. The number of nitriles is 1. The summed E-state index contributed by atoms with van der Waals surface area (Å²) in [6, 6.07) is 13.9. The highest BCUT2D eigenvalue weighted by Crippen LogP contribution is 2.46. The highest BCUT2D eigenvalue weighted by molar-refractivity contribution is 6.01. The van der Waals surface area contributed by atoms with E-state index < -0.39 is 16.7 Å². The molecule has 2 aromatic carbocycles. The van der Waals surface area contributed by atoms with Gasteiger partial charge in [0.1, 0.15) is 11.6 Å². The number of Topliss-reactive ketones (excluding diaryl/α,β-unsaturated/α-hetero) is 1. The van der Waals surface area contributed by atoms with Gasteiger partial charge < -0.3 is 5.73 Å². The summed E-state index contributed by atoms with van der Waals surface area (Å²) in [6.45, 7) is 0. The number of carbonyl (C=O) groups is 1. The summed E-state index contributed by atoms with van der Waals surface area (Å²) < 4.78 is 14.6. The van der Waals surface area contributed by atoms with Crippen LogP contribution in [0.3, 0.4) is 0 Å². The lowest BCUT2D eigenvalue weighted by molar-refractivity contribution is -0.384. The van der Waals surface area contributed by atoms with Crippen molar-refractivity contribution in [3.05, 3.63) is 92.7 Å². The zero-order valence-corrected chi connectivity index (χ0v) is 15.8. The van der Waals surface area contributed by atoms with E-state index in [1.165, 1.54) is 35.2 Å². The fourth-order valence-corrected chi connectivity index (χ4v) is 4.15. The third-order valence-electron chi connectivity index (χ3n) is 5.42. The van der Waals surface area contributed by atoms with E-state index in [9.17, 15) is 24.6 Å². The van der Waals surface area contributed by atoms with Gasteiger partial charge in [-0.05, 0) is 30.5 Å². The first kappa shape index (κ1) is 19.3. The predicted octanol–water partition coefficient (Wildman–Crippen LogP) is 4.04. The van der Waals surface area contributed by atoms with Crippen molar-refractivity contribution in [2.45, 2.75) is 25.2 Å². The lowest BCUT2D eigenvalue weighted by Gasteiger charge is -2.39. The summed E-state index contributed by atoms with van der Waals surface area (Å²) in [7, 11) is 0. The number of halogens is 1. The van der Waals surface area contributed by atoms with Gasteiger partial charge in [0.05, 0.1) is 28.2 Å². The van der Waals surface area contributed by atoms with E-state index in [4.69, 9.17) is 5.73 Å². The monoisotopic (exact) mass is 404 g/mol. The number of hydrogen-bond acceptors (Lipinski definition) is 6. The number of hydrogen-bond donors (Lipinski definition) is 1. The Morgan fingerprint density at radius 1 is 1.20 bits per heavy atom. The van der Waals surface area contributed by atoms with E-state index in [0.717, 1.165) is 0 Å². The molecule has 7 nitrogen and oxygen atoms in total. The lowest BCUT2D eigenvalue weighted by Crippen LogP contribution is -2.39. The minimum Gasteiger partial charge on any atom is -0.384 e. The number of ketones is 1. The zero-order chi connectivity index (χ0) is 21.4. The van der Waals surface area contributed by atoms with Gasteiger partial charge >= 0.3 is 0 Å². The van der Waals surface area contributed by atoms with Crippen LogP contribution in [0.4, 0.5) is 15.8 Å². The van der Waals surface area contributed by atoms with Crippen LogP contribution in [0.5, 0.6) is 0 Å².